The normalized spacial score (nSPS) is 15.3. The molecule has 0 saturated carbocycles. The number of halogens is 1. The topological polar surface area (TPSA) is 42.2 Å². The van der Waals surface area contributed by atoms with Crippen LogP contribution in [-0.2, 0) is 12.8 Å². The van der Waals surface area contributed by atoms with Crippen molar-refractivity contribution < 1.29 is 9.21 Å². The Morgan fingerprint density at radius 3 is 2.67 bits per heavy atom. The Balaban J connectivity index is 1.73. The van der Waals surface area contributed by atoms with Crippen LogP contribution in [0, 0.1) is 0 Å². The van der Waals surface area contributed by atoms with Gasteiger partial charge in [0.25, 0.3) is 5.91 Å². The van der Waals surface area contributed by atoms with Gasteiger partial charge in [-0.15, -0.1) is 0 Å². The molecular formula is C17H18BrNO2. The molecule has 1 atom stereocenters. The highest BCUT2D eigenvalue weighted by Crippen LogP contribution is 2.25. The number of amides is 1. The van der Waals surface area contributed by atoms with E-state index in [1.165, 1.54) is 30.4 Å². The van der Waals surface area contributed by atoms with Gasteiger partial charge in [-0.25, -0.2) is 0 Å². The molecule has 1 heterocycles. The molecule has 0 fully saturated rings. The molecule has 0 radical (unpaired) electrons. The van der Waals surface area contributed by atoms with Gasteiger partial charge in [-0.1, -0.05) is 18.2 Å². The average Bonchev–Trinajstić information content (AvgIpc) is 2.93. The van der Waals surface area contributed by atoms with Gasteiger partial charge in [-0.2, -0.15) is 0 Å². The lowest BCUT2D eigenvalue weighted by molar-refractivity contribution is 0.0910. The Morgan fingerprint density at radius 2 is 1.95 bits per heavy atom. The molecule has 1 aromatic carbocycles. The second kappa shape index (κ2) is 6.06. The number of hydrogen-bond donors (Lipinski definition) is 1. The summed E-state index contributed by atoms with van der Waals surface area (Å²) in [6, 6.07) is 9.91. The highest BCUT2D eigenvalue weighted by Gasteiger charge is 2.16. The molecule has 0 spiro atoms. The van der Waals surface area contributed by atoms with Crippen molar-refractivity contribution in [3.05, 3.63) is 57.5 Å². The van der Waals surface area contributed by atoms with Gasteiger partial charge in [0.05, 0.1) is 6.04 Å². The minimum Gasteiger partial charge on any atom is -0.444 e. The van der Waals surface area contributed by atoms with Crippen LogP contribution in [0.1, 0.15) is 53.1 Å². The summed E-state index contributed by atoms with van der Waals surface area (Å²) in [6.45, 7) is 2.00. The van der Waals surface area contributed by atoms with E-state index in [0.29, 0.717) is 10.4 Å². The van der Waals surface area contributed by atoms with E-state index in [0.717, 1.165) is 12.0 Å². The molecule has 3 rings (SSSR count). The first-order valence-corrected chi connectivity index (χ1v) is 8.10. The Bertz CT molecular complexity index is 663. The summed E-state index contributed by atoms with van der Waals surface area (Å²) < 4.78 is 5.84. The van der Waals surface area contributed by atoms with Gasteiger partial charge in [0.15, 0.2) is 10.4 Å². The van der Waals surface area contributed by atoms with E-state index >= 15 is 0 Å². The van der Waals surface area contributed by atoms with E-state index in [1.807, 2.05) is 6.92 Å². The summed E-state index contributed by atoms with van der Waals surface area (Å²) in [5, 5.41) is 2.98. The lowest BCUT2D eigenvalue weighted by Crippen LogP contribution is -2.26. The smallest absolute Gasteiger partial charge is 0.287 e. The quantitative estimate of drug-likeness (QED) is 0.893. The molecule has 0 aliphatic heterocycles. The molecule has 0 saturated heterocycles. The number of aryl methyl sites for hydroxylation is 2. The van der Waals surface area contributed by atoms with Gasteiger partial charge in [0.1, 0.15) is 0 Å². The zero-order chi connectivity index (χ0) is 14.8. The van der Waals surface area contributed by atoms with Crippen molar-refractivity contribution in [1.82, 2.24) is 5.32 Å². The largest absolute Gasteiger partial charge is 0.444 e. The molecule has 0 bridgehead atoms. The number of hydrogen-bond acceptors (Lipinski definition) is 2. The third-order valence-corrected chi connectivity index (χ3v) is 4.44. The van der Waals surface area contributed by atoms with Crippen molar-refractivity contribution in [2.45, 2.75) is 38.6 Å². The first-order chi connectivity index (χ1) is 10.1. The Hall–Kier alpha value is -1.55. The molecule has 3 nitrogen and oxygen atoms in total. The first kappa shape index (κ1) is 14.4. The highest BCUT2D eigenvalue weighted by molar-refractivity contribution is 9.10. The van der Waals surface area contributed by atoms with Gasteiger partial charge in [-0.3, -0.25) is 4.79 Å². The van der Waals surface area contributed by atoms with E-state index in [-0.39, 0.29) is 11.9 Å². The summed E-state index contributed by atoms with van der Waals surface area (Å²) in [4.78, 5) is 12.1. The molecule has 4 heteroatoms. The lowest BCUT2D eigenvalue weighted by Gasteiger charge is -2.19. The minimum atomic E-state index is -0.189. The predicted octanol–water partition coefficient (Wildman–Crippen LogP) is 4.41. The zero-order valence-corrected chi connectivity index (χ0v) is 13.6. The van der Waals surface area contributed by atoms with Crippen molar-refractivity contribution in [3.8, 4) is 0 Å². The number of rotatable bonds is 3. The molecule has 21 heavy (non-hydrogen) atoms. The van der Waals surface area contributed by atoms with Crippen molar-refractivity contribution in [2.24, 2.45) is 0 Å². The second-order valence-electron chi connectivity index (χ2n) is 5.53. The fourth-order valence-corrected chi connectivity index (χ4v) is 3.12. The van der Waals surface area contributed by atoms with Crippen LogP contribution < -0.4 is 5.32 Å². The second-order valence-corrected chi connectivity index (χ2v) is 6.32. The SMILES string of the molecule is C[C@@H](NC(=O)c1ccc(Br)o1)c1ccc2c(c1)CCCC2. The number of carbonyl (C=O) groups excluding carboxylic acids is 1. The monoisotopic (exact) mass is 347 g/mol. The summed E-state index contributed by atoms with van der Waals surface area (Å²) in [7, 11) is 0. The van der Waals surface area contributed by atoms with Gasteiger partial charge in [0.2, 0.25) is 0 Å². The van der Waals surface area contributed by atoms with Gasteiger partial charge in [-0.05, 0) is 77.4 Å². The van der Waals surface area contributed by atoms with Crippen molar-refractivity contribution in [1.29, 1.82) is 0 Å². The van der Waals surface area contributed by atoms with E-state index < -0.39 is 0 Å². The summed E-state index contributed by atoms with van der Waals surface area (Å²) in [6.07, 6.45) is 4.87. The van der Waals surface area contributed by atoms with Crippen LogP contribution in [0.4, 0.5) is 0 Å². The van der Waals surface area contributed by atoms with Crippen molar-refractivity contribution in [3.63, 3.8) is 0 Å². The standard InChI is InChI=1S/C17H18BrNO2/c1-11(19-17(20)15-8-9-16(18)21-15)13-7-6-12-4-2-3-5-14(12)10-13/h6-11H,2-5H2,1H3,(H,19,20)/t11-/m1/s1. The van der Waals surface area contributed by atoms with Crippen molar-refractivity contribution in [2.75, 3.05) is 0 Å². The fourth-order valence-electron chi connectivity index (χ4n) is 2.81. The number of carbonyl (C=O) groups is 1. The lowest BCUT2D eigenvalue weighted by atomic mass is 9.89. The molecule has 1 aromatic heterocycles. The summed E-state index contributed by atoms with van der Waals surface area (Å²) in [5.74, 6) is 0.137. The number of furan rings is 1. The third kappa shape index (κ3) is 3.21. The van der Waals surface area contributed by atoms with Gasteiger partial charge in [0, 0.05) is 0 Å². The molecule has 0 unspecified atom stereocenters. The van der Waals surface area contributed by atoms with Gasteiger partial charge >= 0.3 is 0 Å². The minimum absolute atomic E-state index is 0.0337. The molecule has 110 valence electrons. The van der Waals surface area contributed by atoms with Gasteiger partial charge < -0.3 is 9.73 Å². The van der Waals surface area contributed by atoms with Crippen LogP contribution >= 0.6 is 15.9 Å². The average molecular weight is 348 g/mol. The molecular weight excluding hydrogens is 330 g/mol. The predicted molar refractivity (Wildman–Crippen MR) is 85.4 cm³/mol. The Labute approximate surface area is 132 Å². The van der Waals surface area contributed by atoms with Crippen LogP contribution in [-0.4, -0.2) is 5.91 Å². The number of fused-ring (bicyclic) bond motifs is 1. The van der Waals surface area contributed by atoms with Crippen LogP contribution in [0.3, 0.4) is 0 Å². The number of nitrogens with one attached hydrogen (secondary N) is 1. The molecule has 1 amide bonds. The zero-order valence-electron chi connectivity index (χ0n) is 12.0. The molecule has 1 N–H and O–H groups in total. The van der Waals surface area contributed by atoms with Crippen LogP contribution in [0.2, 0.25) is 0 Å². The van der Waals surface area contributed by atoms with E-state index in [2.05, 4.69) is 39.4 Å². The first-order valence-electron chi connectivity index (χ1n) is 7.31. The number of benzene rings is 1. The maximum atomic E-state index is 12.1. The maximum Gasteiger partial charge on any atom is 0.287 e. The van der Waals surface area contributed by atoms with Crippen LogP contribution in [0.5, 0.6) is 0 Å². The maximum absolute atomic E-state index is 12.1. The van der Waals surface area contributed by atoms with Crippen LogP contribution in [0.15, 0.2) is 39.4 Å². The molecule has 1 aliphatic carbocycles. The molecule has 2 aromatic rings. The fraction of sp³-hybridized carbons (Fsp3) is 0.353. The van der Waals surface area contributed by atoms with E-state index in [9.17, 15) is 4.79 Å². The summed E-state index contributed by atoms with van der Waals surface area (Å²) >= 11 is 3.21. The summed E-state index contributed by atoms with van der Waals surface area (Å²) in [5.41, 5.74) is 4.04. The van der Waals surface area contributed by atoms with E-state index in [4.69, 9.17) is 4.42 Å². The molecule has 1 aliphatic rings. The highest BCUT2D eigenvalue weighted by atomic mass is 79.9. The Morgan fingerprint density at radius 1 is 1.19 bits per heavy atom. The van der Waals surface area contributed by atoms with Crippen LogP contribution in [0.25, 0.3) is 0 Å². The van der Waals surface area contributed by atoms with E-state index in [1.54, 1.807) is 12.1 Å². The Kier molecular flexibility index (Phi) is 4.15. The van der Waals surface area contributed by atoms with Crippen molar-refractivity contribution >= 4 is 21.8 Å². The third-order valence-electron chi connectivity index (χ3n) is 4.02.